The maximum absolute atomic E-state index is 6.30. The first-order chi connectivity index (χ1) is 8.70. The number of ether oxygens (including phenoxy) is 2. The second-order valence-electron chi connectivity index (χ2n) is 6.71. The predicted octanol–water partition coefficient (Wildman–Crippen LogP) is 2.64. The summed E-state index contributed by atoms with van der Waals surface area (Å²) in [6.07, 6.45) is 10.5. The molecule has 0 aromatic rings. The second-order valence-corrected chi connectivity index (χ2v) is 6.71. The van der Waals surface area contributed by atoms with E-state index in [1.807, 2.05) is 0 Å². The summed E-state index contributed by atoms with van der Waals surface area (Å²) in [6.45, 7) is 5.16. The molecular weight excluding hydrogens is 226 g/mol. The average molecular weight is 253 g/mol. The van der Waals surface area contributed by atoms with Gasteiger partial charge in [0.1, 0.15) is 0 Å². The maximum Gasteiger partial charge on any atom is 0.0817 e. The van der Waals surface area contributed by atoms with Crippen molar-refractivity contribution in [1.82, 2.24) is 5.32 Å². The van der Waals surface area contributed by atoms with Crippen molar-refractivity contribution in [3.63, 3.8) is 0 Å². The van der Waals surface area contributed by atoms with Crippen LogP contribution in [0.3, 0.4) is 0 Å². The van der Waals surface area contributed by atoms with E-state index in [1.165, 1.54) is 51.4 Å². The lowest BCUT2D eigenvalue weighted by Gasteiger charge is -2.35. The van der Waals surface area contributed by atoms with Crippen molar-refractivity contribution in [3.05, 3.63) is 0 Å². The SMILES string of the molecule is CC1(OCC2CCC3(CCCC3)O2)CCCNC1. The molecule has 0 aromatic carbocycles. The molecule has 18 heavy (non-hydrogen) atoms. The molecule has 0 radical (unpaired) electrons. The van der Waals surface area contributed by atoms with Gasteiger partial charge in [0.25, 0.3) is 0 Å². The molecule has 2 unspecified atom stereocenters. The zero-order chi connectivity index (χ0) is 12.5. The summed E-state index contributed by atoms with van der Waals surface area (Å²) < 4.78 is 12.5. The van der Waals surface area contributed by atoms with Crippen LogP contribution in [0.25, 0.3) is 0 Å². The van der Waals surface area contributed by atoms with Crippen LogP contribution in [-0.2, 0) is 9.47 Å². The maximum atomic E-state index is 6.30. The Kier molecular flexibility index (Phi) is 3.65. The van der Waals surface area contributed by atoms with Crippen molar-refractivity contribution >= 4 is 0 Å². The van der Waals surface area contributed by atoms with Gasteiger partial charge >= 0.3 is 0 Å². The minimum Gasteiger partial charge on any atom is -0.371 e. The van der Waals surface area contributed by atoms with E-state index in [2.05, 4.69) is 12.2 Å². The molecule has 1 aliphatic carbocycles. The third-order valence-corrected chi connectivity index (χ3v) is 5.03. The molecule has 2 saturated heterocycles. The van der Waals surface area contributed by atoms with Crippen LogP contribution < -0.4 is 5.32 Å². The van der Waals surface area contributed by atoms with Crippen LogP contribution >= 0.6 is 0 Å². The smallest absolute Gasteiger partial charge is 0.0817 e. The number of hydrogen-bond acceptors (Lipinski definition) is 3. The molecule has 1 spiro atoms. The normalized spacial score (nSPS) is 39.5. The zero-order valence-electron chi connectivity index (χ0n) is 11.7. The van der Waals surface area contributed by atoms with Crippen LogP contribution in [-0.4, -0.2) is 37.0 Å². The van der Waals surface area contributed by atoms with Crippen LogP contribution in [0, 0.1) is 0 Å². The highest BCUT2D eigenvalue weighted by molar-refractivity contribution is 4.93. The Balaban J connectivity index is 1.46. The molecular formula is C15H27NO2. The van der Waals surface area contributed by atoms with Crippen molar-refractivity contribution in [2.75, 3.05) is 19.7 Å². The molecule has 104 valence electrons. The van der Waals surface area contributed by atoms with Gasteiger partial charge in [0.05, 0.1) is 23.9 Å². The van der Waals surface area contributed by atoms with Gasteiger partial charge in [-0.05, 0) is 52.0 Å². The van der Waals surface area contributed by atoms with Crippen molar-refractivity contribution in [2.45, 2.75) is 75.6 Å². The molecule has 0 aromatic heterocycles. The summed E-state index contributed by atoms with van der Waals surface area (Å²) in [7, 11) is 0. The topological polar surface area (TPSA) is 30.5 Å². The third-order valence-electron chi connectivity index (χ3n) is 5.03. The van der Waals surface area contributed by atoms with Gasteiger partial charge in [0.15, 0.2) is 0 Å². The minimum atomic E-state index is 0.0348. The Labute approximate surface area is 111 Å². The number of hydrogen-bond donors (Lipinski definition) is 1. The van der Waals surface area contributed by atoms with E-state index < -0.39 is 0 Å². The van der Waals surface area contributed by atoms with Crippen LogP contribution in [0.4, 0.5) is 0 Å². The van der Waals surface area contributed by atoms with E-state index in [0.717, 1.165) is 19.7 Å². The van der Waals surface area contributed by atoms with Crippen molar-refractivity contribution < 1.29 is 9.47 Å². The van der Waals surface area contributed by atoms with Gasteiger partial charge in [-0.2, -0.15) is 0 Å². The van der Waals surface area contributed by atoms with Crippen LogP contribution in [0.1, 0.15) is 58.3 Å². The summed E-state index contributed by atoms with van der Waals surface area (Å²) in [6, 6.07) is 0. The van der Waals surface area contributed by atoms with Crippen molar-refractivity contribution in [1.29, 1.82) is 0 Å². The van der Waals surface area contributed by atoms with E-state index in [1.54, 1.807) is 0 Å². The van der Waals surface area contributed by atoms with E-state index in [9.17, 15) is 0 Å². The lowest BCUT2D eigenvalue weighted by atomic mass is 9.96. The Morgan fingerprint density at radius 2 is 2.00 bits per heavy atom. The standard InChI is InChI=1S/C15H27NO2/c1-14(6-4-10-16-12-14)17-11-13-5-9-15(18-13)7-2-3-8-15/h13,16H,2-12H2,1H3. The fourth-order valence-corrected chi connectivity index (χ4v) is 3.85. The van der Waals surface area contributed by atoms with Crippen LogP contribution in [0.15, 0.2) is 0 Å². The molecule has 3 fully saturated rings. The summed E-state index contributed by atoms with van der Waals surface area (Å²) >= 11 is 0. The van der Waals surface area contributed by atoms with Gasteiger partial charge in [-0.15, -0.1) is 0 Å². The van der Waals surface area contributed by atoms with Gasteiger partial charge in [-0.3, -0.25) is 0 Å². The van der Waals surface area contributed by atoms with E-state index >= 15 is 0 Å². The molecule has 2 atom stereocenters. The average Bonchev–Trinajstić information content (AvgIpc) is 2.99. The lowest BCUT2D eigenvalue weighted by molar-refractivity contribution is -0.114. The largest absolute Gasteiger partial charge is 0.371 e. The van der Waals surface area contributed by atoms with E-state index in [4.69, 9.17) is 9.47 Å². The quantitative estimate of drug-likeness (QED) is 0.838. The Morgan fingerprint density at radius 1 is 1.17 bits per heavy atom. The Morgan fingerprint density at radius 3 is 2.72 bits per heavy atom. The molecule has 2 aliphatic heterocycles. The first-order valence-corrected chi connectivity index (χ1v) is 7.72. The number of rotatable bonds is 3. The van der Waals surface area contributed by atoms with Gasteiger partial charge < -0.3 is 14.8 Å². The fourth-order valence-electron chi connectivity index (χ4n) is 3.85. The number of piperidine rings is 1. The summed E-state index contributed by atoms with van der Waals surface area (Å²) in [5.74, 6) is 0. The fraction of sp³-hybridized carbons (Fsp3) is 1.00. The molecule has 2 heterocycles. The van der Waals surface area contributed by atoms with Gasteiger partial charge in [0.2, 0.25) is 0 Å². The monoisotopic (exact) mass is 253 g/mol. The Hall–Kier alpha value is -0.120. The molecule has 3 aliphatic rings. The summed E-state index contributed by atoms with van der Waals surface area (Å²) in [5, 5.41) is 3.43. The van der Waals surface area contributed by atoms with Crippen LogP contribution in [0.2, 0.25) is 0 Å². The molecule has 1 N–H and O–H groups in total. The summed E-state index contributed by atoms with van der Waals surface area (Å²) in [5.41, 5.74) is 0.285. The lowest BCUT2D eigenvalue weighted by Crippen LogP contribution is -2.46. The molecule has 3 heteroatoms. The molecule has 0 amide bonds. The highest BCUT2D eigenvalue weighted by atomic mass is 16.6. The van der Waals surface area contributed by atoms with Gasteiger partial charge in [-0.25, -0.2) is 0 Å². The summed E-state index contributed by atoms with van der Waals surface area (Å²) in [4.78, 5) is 0. The predicted molar refractivity (Wildman–Crippen MR) is 71.8 cm³/mol. The van der Waals surface area contributed by atoms with Crippen molar-refractivity contribution in [3.8, 4) is 0 Å². The molecule has 3 nitrogen and oxygen atoms in total. The van der Waals surface area contributed by atoms with Gasteiger partial charge in [0, 0.05) is 6.54 Å². The first kappa shape index (κ1) is 12.9. The van der Waals surface area contributed by atoms with Crippen molar-refractivity contribution in [2.24, 2.45) is 0 Å². The first-order valence-electron chi connectivity index (χ1n) is 7.72. The highest BCUT2D eigenvalue weighted by Gasteiger charge is 2.42. The highest BCUT2D eigenvalue weighted by Crippen LogP contribution is 2.43. The van der Waals surface area contributed by atoms with E-state index in [0.29, 0.717) is 6.10 Å². The molecule has 0 bridgehead atoms. The Bertz CT molecular complexity index is 280. The van der Waals surface area contributed by atoms with E-state index in [-0.39, 0.29) is 11.2 Å². The second kappa shape index (κ2) is 5.10. The third kappa shape index (κ3) is 2.73. The minimum absolute atomic E-state index is 0.0348. The zero-order valence-corrected chi connectivity index (χ0v) is 11.7. The molecule has 3 rings (SSSR count). The number of nitrogens with one attached hydrogen (secondary N) is 1. The molecule has 1 saturated carbocycles. The van der Waals surface area contributed by atoms with Gasteiger partial charge in [-0.1, -0.05) is 12.8 Å². The van der Waals surface area contributed by atoms with Crippen LogP contribution in [0.5, 0.6) is 0 Å².